The van der Waals surface area contributed by atoms with Gasteiger partial charge in [0.1, 0.15) is 5.76 Å². The van der Waals surface area contributed by atoms with Crippen LogP contribution in [0.1, 0.15) is 19.4 Å². The summed E-state index contributed by atoms with van der Waals surface area (Å²) < 4.78 is -0.547. The van der Waals surface area contributed by atoms with E-state index in [1.807, 2.05) is 31.2 Å². The van der Waals surface area contributed by atoms with E-state index in [0.717, 1.165) is 5.56 Å². The summed E-state index contributed by atoms with van der Waals surface area (Å²) in [5.41, 5.74) is 1.52. The van der Waals surface area contributed by atoms with Crippen LogP contribution < -0.4 is 0 Å². The van der Waals surface area contributed by atoms with Crippen molar-refractivity contribution in [2.45, 2.75) is 25.0 Å². The Morgan fingerprint density at radius 1 is 1.35 bits per heavy atom. The smallest absolute Gasteiger partial charge is 0.219 e. The van der Waals surface area contributed by atoms with Crippen molar-refractivity contribution in [1.82, 2.24) is 0 Å². The Labute approximate surface area is 110 Å². The summed E-state index contributed by atoms with van der Waals surface area (Å²) in [4.78, 5) is 11.6. The van der Waals surface area contributed by atoms with E-state index >= 15 is 0 Å². The minimum absolute atomic E-state index is 0.0426. The molecule has 1 N–H and O–H groups in total. The number of rotatable bonds is 2. The highest BCUT2D eigenvalue weighted by atomic mass is 35.5. The molecule has 0 amide bonds. The number of benzene rings is 1. The molecule has 1 aliphatic rings. The van der Waals surface area contributed by atoms with Gasteiger partial charge >= 0.3 is 0 Å². The van der Waals surface area contributed by atoms with E-state index < -0.39 is 4.75 Å². The summed E-state index contributed by atoms with van der Waals surface area (Å²) in [5.74, 6) is 0.197. The molecular formula is C13H13ClO2S. The monoisotopic (exact) mass is 268 g/mol. The van der Waals surface area contributed by atoms with E-state index in [0.29, 0.717) is 17.0 Å². The van der Waals surface area contributed by atoms with Crippen molar-refractivity contribution >= 4 is 28.5 Å². The Morgan fingerprint density at radius 2 is 1.94 bits per heavy atom. The molecule has 17 heavy (non-hydrogen) atoms. The van der Waals surface area contributed by atoms with E-state index in [1.54, 1.807) is 6.92 Å². The lowest BCUT2D eigenvalue weighted by molar-refractivity contribution is -0.107. The van der Waals surface area contributed by atoms with Gasteiger partial charge in [-0.05, 0) is 38.0 Å². The predicted octanol–water partition coefficient (Wildman–Crippen LogP) is 3.75. The summed E-state index contributed by atoms with van der Waals surface area (Å²) in [6.07, 6.45) is 0.615. The first-order chi connectivity index (χ1) is 7.92. The number of aliphatic hydroxyl groups is 1. The van der Waals surface area contributed by atoms with Gasteiger partial charge in [0.05, 0.1) is 4.75 Å². The number of thioether (sulfide) groups is 1. The quantitative estimate of drug-likeness (QED) is 0.888. The zero-order valence-corrected chi connectivity index (χ0v) is 11.2. The third-order valence-corrected chi connectivity index (χ3v) is 4.47. The van der Waals surface area contributed by atoms with Gasteiger partial charge in [-0.3, -0.25) is 4.79 Å². The largest absolute Gasteiger partial charge is 0.510 e. The van der Waals surface area contributed by atoms with E-state index in [-0.39, 0.29) is 10.9 Å². The fraction of sp³-hybridized carbons (Fsp3) is 0.308. The van der Waals surface area contributed by atoms with Gasteiger partial charge in [-0.2, -0.15) is 0 Å². The van der Waals surface area contributed by atoms with Crippen LogP contribution in [0.5, 0.6) is 0 Å². The lowest BCUT2D eigenvalue weighted by atomic mass is 9.96. The molecule has 0 radical (unpaired) electrons. The van der Waals surface area contributed by atoms with Gasteiger partial charge < -0.3 is 5.11 Å². The molecule has 4 heteroatoms. The zero-order valence-electron chi connectivity index (χ0n) is 9.66. The maximum Gasteiger partial charge on any atom is 0.219 e. The second-order valence-electron chi connectivity index (χ2n) is 4.40. The average molecular weight is 269 g/mol. The number of hydrogen-bond acceptors (Lipinski definition) is 3. The normalized spacial score (nSPS) is 24.5. The molecule has 1 aliphatic heterocycles. The number of carbonyl (C=O) groups is 1. The van der Waals surface area contributed by atoms with E-state index in [4.69, 9.17) is 11.6 Å². The van der Waals surface area contributed by atoms with Gasteiger partial charge in [-0.15, -0.1) is 0 Å². The van der Waals surface area contributed by atoms with Crippen molar-refractivity contribution in [3.05, 3.63) is 46.2 Å². The van der Waals surface area contributed by atoms with Crippen LogP contribution in [0.2, 0.25) is 5.02 Å². The Bertz CT molecular complexity index is 493. The summed E-state index contributed by atoms with van der Waals surface area (Å²) >= 11 is 7.01. The van der Waals surface area contributed by atoms with Crippen LogP contribution in [0.15, 0.2) is 35.6 Å². The summed E-state index contributed by atoms with van der Waals surface area (Å²) in [5, 5.41) is 10.7. The van der Waals surface area contributed by atoms with Crippen LogP contribution in [-0.2, 0) is 11.2 Å². The third kappa shape index (κ3) is 2.35. The molecule has 1 unspecified atom stereocenters. The molecule has 1 aromatic rings. The number of aliphatic hydroxyl groups excluding tert-OH is 1. The standard InChI is InChI=1S/C13H13ClO2S/c1-8-11(15)13(2,17-12(8)16)7-9-3-5-10(14)6-4-9/h3-6,15H,7H2,1-2H3. The average Bonchev–Trinajstić information content (AvgIpc) is 2.47. The number of halogens is 1. The van der Waals surface area contributed by atoms with Gasteiger partial charge in [0, 0.05) is 10.6 Å². The van der Waals surface area contributed by atoms with Crippen LogP contribution in [0.3, 0.4) is 0 Å². The van der Waals surface area contributed by atoms with Crippen molar-refractivity contribution in [2.24, 2.45) is 0 Å². The van der Waals surface area contributed by atoms with Crippen LogP contribution in [0.4, 0.5) is 0 Å². The number of hydrogen-bond donors (Lipinski definition) is 1. The Morgan fingerprint density at radius 3 is 2.41 bits per heavy atom. The molecule has 0 saturated heterocycles. The molecule has 90 valence electrons. The highest BCUT2D eigenvalue weighted by Gasteiger charge is 2.41. The topological polar surface area (TPSA) is 37.3 Å². The van der Waals surface area contributed by atoms with Crippen molar-refractivity contribution in [3.63, 3.8) is 0 Å². The van der Waals surface area contributed by atoms with E-state index in [1.165, 1.54) is 11.8 Å². The van der Waals surface area contributed by atoms with Crippen LogP contribution >= 0.6 is 23.4 Å². The highest BCUT2D eigenvalue weighted by molar-refractivity contribution is 8.15. The molecule has 0 bridgehead atoms. The molecule has 0 spiro atoms. The minimum atomic E-state index is -0.547. The van der Waals surface area contributed by atoms with Crippen LogP contribution in [0.25, 0.3) is 0 Å². The fourth-order valence-electron chi connectivity index (χ4n) is 1.93. The molecule has 0 fully saturated rings. The van der Waals surface area contributed by atoms with Gasteiger partial charge in [0.25, 0.3) is 0 Å². The van der Waals surface area contributed by atoms with E-state index in [9.17, 15) is 9.90 Å². The maximum absolute atomic E-state index is 11.6. The Balaban J connectivity index is 2.25. The van der Waals surface area contributed by atoms with Gasteiger partial charge in [0.2, 0.25) is 5.12 Å². The molecule has 0 aliphatic carbocycles. The lowest BCUT2D eigenvalue weighted by Crippen LogP contribution is -2.23. The summed E-state index contributed by atoms with van der Waals surface area (Å²) in [7, 11) is 0. The Hall–Kier alpha value is -0.930. The minimum Gasteiger partial charge on any atom is -0.510 e. The number of carbonyl (C=O) groups excluding carboxylic acids is 1. The van der Waals surface area contributed by atoms with Crippen LogP contribution in [0, 0.1) is 0 Å². The molecule has 1 atom stereocenters. The van der Waals surface area contributed by atoms with Gasteiger partial charge in [0.15, 0.2) is 0 Å². The van der Waals surface area contributed by atoms with Crippen molar-refractivity contribution in [2.75, 3.05) is 0 Å². The third-order valence-electron chi connectivity index (χ3n) is 2.93. The predicted molar refractivity (Wildman–Crippen MR) is 71.5 cm³/mol. The molecule has 1 heterocycles. The van der Waals surface area contributed by atoms with Crippen molar-refractivity contribution in [1.29, 1.82) is 0 Å². The molecule has 0 aromatic heterocycles. The second kappa shape index (κ2) is 4.39. The van der Waals surface area contributed by atoms with Crippen LogP contribution in [-0.4, -0.2) is 15.0 Å². The maximum atomic E-state index is 11.6. The fourth-order valence-corrected chi connectivity index (χ4v) is 3.21. The second-order valence-corrected chi connectivity index (χ2v) is 6.31. The summed E-state index contributed by atoms with van der Waals surface area (Å²) in [6, 6.07) is 7.46. The molecule has 0 saturated carbocycles. The zero-order chi connectivity index (χ0) is 12.6. The first-order valence-electron chi connectivity index (χ1n) is 5.30. The molecule has 2 nitrogen and oxygen atoms in total. The summed E-state index contributed by atoms with van der Waals surface area (Å²) in [6.45, 7) is 3.55. The van der Waals surface area contributed by atoms with Gasteiger partial charge in [-0.25, -0.2) is 0 Å². The SMILES string of the molecule is CC1=C(O)C(C)(Cc2ccc(Cl)cc2)SC1=O. The Kier molecular flexibility index (Phi) is 3.23. The first kappa shape index (κ1) is 12.5. The highest BCUT2D eigenvalue weighted by Crippen LogP contribution is 2.44. The molecule has 2 rings (SSSR count). The first-order valence-corrected chi connectivity index (χ1v) is 6.50. The molecular weight excluding hydrogens is 256 g/mol. The lowest BCUT2D eigenvalue weighted by Gasteiger charge is -2.22. The molecule has 1 aromatic carbocycles. The van der Waals surface area contributed by atoms with Gasteiger partial charge in [-0.1, -0.05) is 35.5 Å². The van der Waals surface area contributed by atoms with Crippen molar-refractivity contribution < 1.29 is 9.90 Å². The van der Waals surface area contributed by atoms with Crippen molar-refractivity contribution in [3.8, 4) is 0 Å². The van der Waals surface area contributed by atoms with E-state index in [2.05, 4.69) is 0 Å².